The summed E-state index contributed by atoms with van der Waals surface area (Å²) in [4.78, 5) is 17.5. The van der Waals surface area contributed by atoms with Crippen LogP contribution in [-0.4, -0.2) is 42.5 Å². The molecule has 2 N–H and O–H groups in total. The maximum atomic E-state index is 13.9. The second-order valence-electron chi connectivity index (χ2n) is 8.67. The summed E-state index contributed by atoms with van der Waals surface area (Å²) in [6.07, 6.45) is 6.25. The maximum absolute atomic E-state index is 13.9. The van der Waals surface area contributed by atoms with Gasteiger partial charge in [0.05, 0.1) is 0 Å². The van der Waals surface area contributed by atoms with Gasteiger partial charge in [-0.25, -0.2) is 4.39 Å². The Kier molecular flexibility index (Phi) is 6.68. The van der Waals surface area contributed by atoms with Crippen molar-refractivity contribution in [2.75, 3.05) is 24.5 Å². The monoisotopic (exact) mass is 409 g/mol. The lowest BCUT2D eigenvalue weighted by molar-refractivity contribution is -0.132. The summed E-state index contributed by atoms with van der Waals surface area (Å²) < 4.78 is 13.9. The molecule has 2 aliphatic rings. The molecule has 0 spiro atoms. The molecule has 0 bridgehead atoms. The molecule has 2 heterocycles. The molecule has 0 aromatic heterocycles. The Morgan fingerprint density at radius 3 is 2.73 bits per heavy atom. The number of fused-ring (bicyclic) bond motifs is 1. The van der Waals surface area contributed by atoms with Crippen LogP contribution in [0.3, 0.4) is 0 Å². The number of halogens is 1. The van der Waals surface area contributed by atoms with Crippen LogP contribution in [0.2, 0.25) is 0 Å². The summed E-state index contributed by atoms with van der Waals surface area (Å²) in [6.45, 7) is 2.72. The molecular weight excluding hydrogens is 377 g/mol. The van der Waals surface area contributed by atoms with E-state index in [1.54, 1.807) is 12.1 Å². The number of nitrogens with zero attached hydrogens (tertiary/aromatic N) is 2. The topological polar surface area (TPSA) is 49.6 Å². The van der Waals surface area contributed by atoms with Crippen LogP contribution in [0.25, 0.3) is 0 Å². The van der Waals surface area contributed by atoms with Crippen molar-refractivity contribution in [3.05, 3.63) is 65.5 Å². The molecule has 160 valence electrons. The SMILES string of the molecule is N[C@@H](CC(=O)N1CCC[C@H]1CN1CCCCc2ccccc21)Cc1ccccc1F. The Morgan fingerprint density at radius 2 is 1.87 bits per heavy atom. The minimum Gasteiger partial charge on any atom is -0.369 e. The van der Waals surface area contributed by atoms with Crippen LogP contribution in [0.4, 0.5) is 10.1 Å². The largest absolute Gasteiger partial charge is 0.369 e. The fourth-order valence-corrected chi connectivity index (χ4v) is 4.93. The van der Waals surface area contributed by atoms with Crippen LogP contribution < -0.4 is 10.6 Å². The molecule has 0 unspecified atom stereocenters. The van der Waals surface area contributed by atoms with Crippen molar-refractivity contribution in [2.24, 2.45) is 5.73 Å². The third-order valence-corrected chi connectivity index (χ3v) is 6.46. The van der Waals surface area contributed by atoms with Gasteiger partial charge in [-0.1, -0.05) is 36.4 Å². The molecule has 0 radical (unpaired) electrons. The molecule has 2 aromatic carbocycles. The molecule has 30 heavy (non-hydrogen) atoms. The van der Waals surface area contributed by atoms with Crippen LogP contribution in [0.15, 0.2) is 48.5 Å². The summed E-state index contributed by atoms with van der Waals surface area (Å²) in [5, 5.41) is 0. The number of rotatable bonds is 6. The van der Waals surface area contributed by atoms with E-state index >= 15 is 0 Å². The van der Waals surface area contributed by atoms with E-state index in [1.807, 2.05) is 11.0 Å². The van der Waals surface area contributed by atoms with E-state index in [2.05, 4.69) is 29.2 Å². The summed E-state index contributed by atoms with van der Waals surface area (Å²) in [5.41, 5.74) is 9.55. The van der Waals surface area contributed by atoms with E-state index in [1.165, 1.54) is 30.2 Å². The number of benzene rings is 2. The molecule has 4 rings (SSSR count). The normalized spacial score (nSPS) is 20.0. The van der Waals surface area contributed by atoms with Crippen molar-refractivity contribution in [3.8, 4) is 0 Å². The first-order valence-electron chi connectivity index (χ1n) is 11.2. The molecular formula is C25H32FN3O. The van der Waals surface area contributed by atoms with Gasteiger partial charge in [-0.15, -0.1) is 0 Å². The molecule has 1 amide bonds. The minimum absolute atomic E-state index is 0.101. The van der Waals surface area contributed by atoms with Crippen LogP contribution >= 0.6 is 0 Å². The second kappa shape index (κ2) is 9.61. The highest BCUT2D eigenvalue weighted by Crippen LogP contribution is 2.29. The van der Waals surface area contributed by atoms with Crippen LogP contribution in [0.1, 0.15) is 43.2 Å². The highest BCUT2D eigenvalue weighted by atomic mass is 19.1. The molecule has 2 aliphatic heterocycles. The third-order valence-electron chi connectivity index (χ3n) is 6.46. The van der Waals surface area contributed by atoms with E-state index in [4.69, 9.17) is 5.73 Å². The lowest BCUT2D eigenvalue weighted by Gasteiger charge is -2.33. The van der Waals surface area contributed by atoms with Crippen LogP contribution in [0.5, 0.6) is 0 Å². The quantitative estimate of drug-likeness (QED) is 0.787. The third kappa shape index (κ3) is 4.84. The van der Waals surface area contributed by atoms with Crippen molar-refractivity contribution < 1.29 is 9.18 Å². The second-order valence-corrected chi connectivity index (χ2v) is 8.67. The molecule has 4 nitrogen and oxygen atoms in total. The summed E-state index contributed by atoms with van der Waals surface area (Å²) in [5.74, 6) is -0.149. The van der Waals surface area contributed by atoms with Gasteiger partial charge in [0.25, 0.3) is 0 Å². The number of carbonyl (C=O) groups is 1. The average molecular weight is 410 g/mol. The van der Waals surface area contributed by atoms with Gasteiger partial charge in [-0.2, -0.15) is 0 Å². The van der Waals surface area contributed by atoms with E-state index < -0.39 is 0 Å². The lowest BCUT2D eigenvalue weighted by atomic mass is 10.0. The zero-order chi connectivity index (χ0) is 20.9. The molecule has 5 heteroatoms. The van der Waals surface area contributed by atoms with Gasteiger partial charge in [0.2, 0.25) is 5.91 Å². The number of hydrogen-bond donors (Lipinski definition) is 1. The lowest BCUT2D eigenvalue weighted by Crippen LogP contribution is -2.45. The molecule has 1 saturated heterocycles. The van der Waals surface area contributed by atoms with Crippen molar-refractivity contribution >= 4 is 11.6 Å². The summed E-state index contributed by atoms with van der Waals surface area (Å²) in [7, 11) is 0. The Labute approximate surface area is 178 Å². The van der Waals surface area contributed by atoms with Gasteiger partial charge in [0, 0.05) is 43.8 Å². The Hall–Kier alpha value is -2.40. The highest BCUT2D eigenvalue weighted by molar-refractivity contribution is 5.77. The fourth-order valence-electron chi connectivity index (χ4n) is 4.93. The van der Waals surface area contributed by atoms with Gasteiger partial charge in [0.15, 0.2) is 0 Å². The summed E-state index contributed by atoms with van der Waals surface area (Å²) >= 11 is 0. The van der Waals surface area contributed by atoms with Crippen molar-refractivity contribution in [1.82, 2.24) is 4.90 Å². The number of aryl methyl sites for hydroxylation is 1. The van der Waals surface area contributed by atoms with Crippen LogP contribution in [-0.2, 0) is 17.6 Å². The number of likely N-dealkylation sites (tertiary alicyclic amines) is 1. The van der Waals surface area contributed by atoms with Gasteiger partial charge < -0.3 is 15.5 Å². The molecule has 2 aromatic rings. The number of anilines is 1. The first-order valence-corrected chi connectivity index (χ1v) is 11.2. The minimum atomic E-state index is -0.366. The van der Waals surface area contributed by atoms with Crippen molar-refractivity contribution in [2.45, 2.75) is 57.0 Å². The van der Waals surface area contributed by atoms with Gasteiger partial charge in [-0.3, -0.25) is 4.79 Å². The van der Waals surface area contributed by atoms with Gasteiger partial charge in [0.1, 0.15) is 5.82 Å². The molecule has 2 atom stereocenters. The van der Waals surface area contributed by atoms with E-state index in [0.29, 0.717) is 12.0 Å². The van der Waals surface area contributed by atoms with Crippen molar-refractivity contribution in [1.29, 1.82) is 0 Å². The van der Waals surface area contributed by atoms with E-state index in [9.17, 15) is 9.18 Å². The number of hydrogen-bond acceptors (Lipinski definition) is 3. The smallest absolute Gasteiger partial charge is 0.224 e. The molecule has 1 fully saturated rings. The first kappa shape index (κ1) is 20.9. The molecule has 0 saturated carbocycles. The zero-order valence-corrected chi connectivity index (χ0v) is 17.6. The number of para-hydroxylation sites is 1. The standard InChI is InChI=1S/C25H32FN3O/c26-23-12-3-1-10-20(23)16-21(27)17-25(30)29-15-7-11-22(29)18-28-14-6-5-9-19-8-2-4-13-24(19)28/h1-4,8,10,12-13,21-22H,5-7,9,11,14-18,27H2/t21-,22+/m1/s1. The zero-order valence-electron chi connectivity index (χ0n) is 17.6. The first-order chi connectivity index (χ1) is 14.6. The maximum Gasteiger partial charge on any atom is 0.224 e. The Morgan fingerprint density at radius 1 is 1.07 bits per heavy atom. The Bertz CT molecular complexity index is 871. The number of carbonyl (C=O) groups excluding carboxylic acids is 1. The van der Waals surface area contributed by atoms with Crippen LogP contribution in [0, 0.1) is 5.82 Å². The number of nitrogens with two attached hydrogens (primary N) is 1. The Balaban J connectivity index is 1.38. The predicted molar refractivity (Wildman–Crippen MR) is 119 cm³/mol. The van der Waals surface area contributed by atoms with Gasteiger partial charge >= 0.3 is 0 Å². The number of amides is 1. The highest BCUT2D eigenvalue weighted by Gasteiger charge is 2.31. The van der Waals surface area contributed by atoms with Crippen molar-refractivity contribution in [3.63, 3.8) is 0 Å². The summed E-state index contributed by atoms with van der Waals surface area (Å²) in [6, 6.07) is 15.2. The van der Waals surface area contributed by atoms with E-state index in [0.717, 1.165) is 38.9 Å². The average Bonchev–Trinajstić information content (AvgIpc) is 3.11. The van der Waals surface area contributed by atoms with E-state index in [-0.39, 0.29) is 30.2 Å². The van der Waals surface area contributed by atoms with Gasteiger partial charge in [-0.05, 0) is 61.8 Å². The fraction of sp³-hybridized carbons (Fsp3) is 0.480. The predicted octanol–water partition coefficient (Wildman–Crippen LogP) is 3.92. The molecule has 0 aliphatic carbocycles.